The molecule has 0 fully saturated rings. The van der Waals surface area contributed by atoms with Gasteiger partial charge in [-0.05, 0) is 17.7 Å². The molecule has 20 heavy (non-hydrogen) atoms. The summed E-state index contributed by atoms with van der Waals surface area (Å²) in [6, 6.07) is 7.58. The zero-order valence-corrected chi connectivity index (χ0v) is 11.5. The maximum atomic E-state index is 11.4. The number of rotatable bonds is 3. The molecule has 104 valence electrons. The summed E-state index contributed by atoms with van der Waals surface area (Å²) in [6.07, 6.45) is 3.88. The van der Waals surface area contributed by atoms with Crippen LogP contribution in [0.4, 0.5) is 0 Å². The van der Waals surface area contributed by atoms with E-state index in [-0.39, 0.29) is 5.97 Å². The molecule has 0 saturated carbocycles. The first-order chi connectivity index (χ1) is 9.76. The van der Waals surface area contributed by atoms with Gasteiger partial charge in [0, 0.05) is 32.0 Å². The fourth-order valence-corrected chi connectivity index (χ4v) is 2.48. The van der Waals surface area contributed by atoms with Gasteiger partial charge in [0.2, 0.25) is 0 Å². The highest BCUT2D eigenvalue weighted by atomic mass is 16.5. The number of carbonyl (C=O) groups excluding carboxylic acids is 1. The molecule has 1 aromatic carbocycles. The van der Waals surface area contributed by atoms with Crippen molar-refractivity contribution in [3.8, 4) is 0 Å². The molecule has 0 spiro atoms. The fourth-order valence-electron chi connectivity index (χ4n) is 2.48. The van der Waals surface area contributed by atoms with Gasteiger partial charge in [0.05, 0.1) is 19.2 Å². The Morgan fingerprint density at radius 2 is 2.10 bits per heavy atom. The number of esters is 1. The first kappa shape index (κ1) is 12.9. The number of imidazole rings is 1. The molecule has 5 heteroatoms. The van der Waals surface area contributed by atoms with Crippen LogP contribution in [-0.2, 0) is 24.4 Å². The molecular weight excluding hydrogens is 254 g/mol. The van der Waals surface area contributed by atoms with Gasteiger partial charge < -0.3 is 9.30 Å². The third kappa shape index (κ3) is 2.58. The van der Waals surface area contributed by atoms with E-state index in [4.69, 9.17) is 4.74 Å². The maximum absolute atomic E-state index is 11.4. The number of fused-ring (bicyclic) bond motifs is 1. The van der Waals surface area contributed by atoms with Gasteiger partial charge in [0.25, 0.3) is 0 Å². The molecule has 2 aromatic rings. The van der Waals surface area contributed by atoms with Gasteiger partial charge in [-0.25, -0.2) is 9.78 Å². The molecule has 0 atom stereocenters. The van der Waals surface area contributed by atoms with E-state index in [9.17, 15) is 4.79 Å². The Hall–Kier alpha value is -2.14. The molecule has 0 unspecified atom stereocenters. The Morgan fingerprint density at radius 1 is 1.30 bits per heavy atom. The highest BCUT2D eigenvalue weighted by Crippen LogP contribution is 2.14. The van der Waals surface area contributed by atoms with Crippen LogP contribution in [0.1, 0.15) is 21.7 Å². The smallest absolute Gasteiger partial charge is 0.337 e. The predicted octanol–water partition coefficient (Wildman–Crippen LogP) is 1.69. The van der Waals surface area contributed by atoms with E-state index >= 15 is 0 Å². The second kappa shape index (κ2) is 5.46. The number of aromatic nitrogens is 2. The summed E-state index contributed by atoms with van der Waals surface area (Å²) in [4.78, 5) is 18.1. The lowest BCUT2D eigenvalue weighted by molar-refractivity contribution is 0.0600. The Bertz CT molecular complexity index is 604. The summed E-state index contributed by atoms with van der Waals surface area (Å²) in [5.41, 5.74) is 1.78. The Labute approximate surface area is 117 Å². The van der Waals surface area contributed by atoms with Crippen LogP contribution >= 0.6 is 0 Å². The second-order valence-electron chi connectivity index (χ2n) is 4.94. The first-order valence-electron chi connectivity index (χ1n) is 6.66. The molecule has 0 radical (unpaired) electrons. The summed E-state index contributed by atoms with van der Waals surface area (Å²) in [5, 5.41) is 0. The van der Waals surface area contributed by atoms with Gasteiger partial charge in [-0.2, -0.15) is 0 Å². The second-order valence-corrected chi connectivity index (χ2v) is 4.94. The zero-order valence-electron chi connectivity index (χ0n) is 11.5. The maximum Gasteiger partial charge on any atom is 0.337 e. The number of hydrogen-bond donors (Lipinski definition) is 0. The lowest BCUT2D eigenvalue weighted by Gasteiger charge is -2.27. The van der Waals surface area contributed by atoms with Crippen LogP contribution < -0.4 is 0 Å². The third-order valence-electron chi connectivity index (χ3n) is 3.61. The minimum absolute atomic E-state index is 0.295. The number of ether oxygens (including phenoxy) is 1. The number of hydrogen-bond acceptors (Lipinski definition) is 4. The summed E-state index contributed by atoms with van der Waals surface area (Å²) < 4.78 is 6.89. The largest absolute Gasteiger partial charge is 0.465 e. The van der Waals surface area contributed by atoms with Crippen molar-refractivity contribution in [3.05, 3.63) is 53.6 Å². The SMILES string of the molecule is COC(=O)c1ccc(CN2CCn3ccnc3C2)cc1. The van der Waals surface area contributed by atoms with Gasteiger partial charge in [0.15, 0.2) is 0 Å². The molecule has 0 aliphatic carbocycles. The van der Waals surface area contributed by atoms with E-state index in [0.29, 0.717) is 5.56 Å². The van der Waals surface area contributed by atoms with Gasteiger partial charge in [0.1, 0.15) is 5.82 Å². The van der Waals surface area contributed by atoms with E-state index in [1.54, 1.807) is 0 Å². The van der Waals surface area contributed by atoms with Crippen LogP contribution in [0.25, 0.3) is 0 Å². The molecule has 1 aromatic heterocycles. The molecule has 0 N–H and O–H groups in total. The van der Waals surface area contributed by atoms with E-state index in [1.165, 1.54) is 12.7 Å². The van der Waals surface area contributed by atoms with Crippen molar-refractivity contribution in [1.29, 1.82) is 0 Å². The number of nitrogens with zero attached hydrogens (tertiary/aromatic N) is 3. The van der Waals surface area contributed by atoms with Crippen LogP contribution in [0.15, 0.2) is 36.7 Å². The van der Waals surface area contributed by atoms with Gasteiger partial charge in [-0.1, -0.05) is 12.1 Å². The van der Waals surface area contributed by atoms with Gasteiger partial charge in [-0.3, -0.25) is 4.90 Å². The average molecular weight is 271 g/mol. The summed E-state index contributed by atoms with van der Waals surface area (Å²) in [5.74, 6) is 0.819. The number of carbonyl (C=O) groups is 1. The van der Waals surface area contributed by atoms with Crippen LogP contribution in [0.5, 0.6) is 0 Å². The number of methoxy groups -OCH3 is 1. The standard InChI is InChI=1S/C15H17N3O2/c1-20-15(19)13-4-2-12(3-5-13)10-17-8-9-18-7-6-16-14(18)11-17/h2-7H,8-11H2,1H3. The van der Waals surface area contributed by atoms with Crippen molar-refractivity contribution >= 4 is 5.97 Å². The molecule has 0 bridgehead atoms. The molecule has 0 saturated heterocycles. The summed E-state index contributed by atoms with van der Waals surface area (Å²) >= 11 is 0. The topological polar surface area (TPSA) is 47.4 Å². The molecular formula is C15H17N3O2. The molecule has 0 amide bonds. The molecule has 5 nitrogen and oxygen atoms in total. The minimum Gasteiger partial charge on any atom is -0.465 e. The monoisotopic (exact) mass is 271 g/mol. The first-order valence-corrected chi connectivity index (χ1v) is 6.66. The summed E-state index contributed by atoms with van der Waals surface area (Å²) in [7, 11) is 1.39. The van der Waals surface area contributed by atoms with E-state index in [0.717, 1.165) is 32.0 Å². The third-order valence-corrected chi connectivity index (χ3v) is 3.61. The van der Waals surface area contributed by atoms with Crippen molar-refractivity contribution in [3.63, 3.8) is 0 Å². The number of benzene rings is 1. The molecule has 2 heterocycles. The lowest BCUT2D eigenvalue weighted by Crippen LogP contribution is -2.33. The van der Waals surface area contributed by atoms with Crippen LogP contribution in [0, 0.1) is 0 Å². The highest BCUT2D eigenvalue weighted by Gasteiger charge is 2.16. The van der Waals surface area contributed by atoms with Crippen molar-refractivity contribution in [2.45, 2.75) is 19.6 Å². The van der Waals surface area contributed by atoms with E-state index < -0.39 is 0 Å². The quantitative estimate of drug-likeness (QED) is 0.797. The van der Waals surface area contributed by atoms with Crippen molar-refractivity contribution in [2.24, 2.45) is 0 Å². The average Bonchev–Trinajstić information content (AvgIpc) is 2.95. The van der Waals surface area contributed by atoms with E-state index in [1.807, 2.05) is 36.7 Å². The predicted molar refractivity (Wildman–Crippen MR) is 74.1 cm³/mol. The summed E-state index contributed by atoms with van der Waals surface area (Å²) in [6.45, 7) is 3.73. The van der Waals surface area contributed by atoms with Crippen molar-refractivity contribution < 1.29 is 9.53 Å². The normalized spacial score (nSPS) is 14.8. The zero-order chi connectivity index (χ0) is 13.9. The molecule has 3 rings (SSSR count). The van der Waals surface area contributed by atoms with Gasteiger partial charge in [-0.15, -0.1) is 0 Å². The Morgan fingerprint density at radius 3 is 2.85 bits per heavy atom. The van der Waals surface area contributed by atoms with Crippen LogP contribution in [0.2, 0.25) is 0 Å². The van der Waals surface area contributed by atoms with Crippen LogP contribution in [-0.4, -0.2) is 34.1 Å². The minimum atomic E-state index is -0.295. The fraction of sp³-hybridized carbons (Fsp3) is 0.333. The van der Waals surface area contributed by atoms with Gasteiger partial charge >= 0.3 is 5.97 Å². The van der Waals surface area contributed by atoms with E-state index in [2.05, 4.69) is 14.5 Å². The highest BCUT2D eigenvalue weighted by molar-refractivity contribution is 5.89. The molecule has 1 aliphatic heterocycles. The Balaban J connectivity index is 1.65. The van der Waals surface area contributed by atoms with Crippen molar-refractivity contribution in [1.82, 2.24) is 14.5 Å². The lowest BCUT2D eigenvalue weighted by atomic mass is 10.1. The Kier molecular flexibility index (Phi) is 3.52. The molecule has 1 aliphatic rings. The van der Waals surface area contributed by atoms with Crippen LogP contribution in [0.3, 0.4) is 0 Å². The van der Waals surface area contributed by atoms with Crippen molar-refractivity contribution in [2.75, 3.05) is 13.7 Å².